The van der Waals surface area contributed by atoms with Gasteiger partial charge in [-0.1, -0.05) is 30.3 Å². The molecule has 0 fully saturated rings. The fourth-order valence-corrected chi connectivity index (χ4v) is 2.27. The van der Waals surface area contributed by atoms with E-state index in [-0.39, 0.29) is 5.54 Å². The highest BCUT2D eigenvalue weighted by Gasteiger charge is 2.15. The van der Waals surface area contributed by atoms with Crippen LogP contribution < -0.4 is 5.32 Å². The van der Waals surface area contributed by atoms with E-state index in [1.165, 1.54) is 24.2 Å². The van der Waals surface area contributed by atoms with E-state index in [1.54, 1.807) is 0 Å². The molecule has 2 heteroatoms. The number of hydrogen-bond donors (Lipinski definition) is 1. The van der Waals surface area contributed by atoms with Crippen molar-refractivity contribution in [3.8, 4) is 0 Å². The first kappa shape index (κ1) is 14.6. The maximum Gasteiger partial charge on any atom is 0.0128 e. The molecule has 0 bridgehead atoms. The maximum absolute atomic E-state index is 3.65. The van der Waals surface area contributed by atoms with Gasteiger partial charge in [0.15, 0.2) is 0 Å². The van der Waals surface area contributed by atoms with Gasteiger partial charge in [0, 0.05) is 5.54 Å². The number of benzene rings is 1. The smallest absolute Gasteiger partial charge is 0.0128 e. The second kappa shape index (κ2) is 7.78. The van der Waals surface area contributed by atoms with Crippen molar-refractivity contribution in [2.75, 3.05) is 18.6 Å². The van der Waals surface area contributed by atoms with Crippen LogP contribution in [-0.4, -0.2) is 24.1 Å². The Kier molecular flexibility index (Phi) is 6.68. The van der Waals surface area contributed by atoms with Gasteiger partial charge in [0.25, 0.3) is 0 Å². The lowest BCUT2D eigenvalue weighted by molar-refractivity contribution is 0.364. The first-order valence-corrected chi connectivity index (χ1v) is 7.81. The summed E-state index contributed by atoms with van der Waals surface area (Å²) in [6.45, 7) is 5.73. The van der Waals surface area contributed by atoms with Crippen molar-refractivity contribution in [2.24, 2.45) is 0 Å². The van der Waals surface area contributed by atoms with E-state index in [0.29, 0.717) is 0 Å². The lowest BCUT2D eigenvalue weighted by Gasteiger charge is -2.26. The fourth-order valence-electron chi connectivity index (χ4n) is 1.83. The summed E-state index contributed by atoms with van der Waals surface area (Å²) in [7, 11) is 0. The van der Waals surface area contributed by atoms with Crippen LogP contribution in [0.1, 0.15) is 32.3 Å². The first-order valence-electron chi connectivity index (χ1n) is 6.42. The monoisotopic (exact) mass is 251 g/mol. The van der Waals surface area contributed by atoms with E-state index in [1.807, 2.05) is 11.8 Å². The van der Waals surface area contributed by atoms with Gasteiger partial charge in [-0.3, -0.25) is 0 Å². The molecule has 0 aliphatic rings. The van der Waals surface area contributed by atoms with E-state index in [4.69, 9.17) is 0 Å². The summed E-state index contributed by atoms with van der Waals surface area (Å²) >= 11 is 1.92. The fraction of sp³-hybridized carbons (Fsp3) is 0.600. The van der Waals surface area contributed by atoms with E-state index in [9.17, 15) is 0 Å². The van der Waals surface area contributed by atoms with Crippen molar-refractivity contribution in [2.45, 2.75) is 38.6 Å². The normalized spacial score (nSPS) is 11.7. The Labute approximate surface area is 110 Å². The van der Waals surface area contributed by atoms with Crippen molar-refractivity contribution in [3.05, 3.63) is 35.9 Å². The molecule has 1 aromatic carbocycles. The Balaban J connectivity index is 2.24. The van der Waals surface area contributed by atoms with Crippen LogP contribution in [0.5, 0.6) is 0 Å². The van der Waals surface area contributed by atoms with Gasteiger partial charge in [-0.25, -0.2) is 0 Å². The van der Waals surface area contributed by atoms with Gasteiger partial charge < -0.3 is 5.32 Å². The largest absolute Gasteiger partial charge is 0.312 e. The third-order valence-electron chi connectivity index (χ3n) is 3.01. The average molecular weight is 251 g/mol. The summed E-state index contributed by atoms with van der Waals surface area (Å²) in [4.78, 5) is 0. The molecule has 0 saturated carbocycles. The van der Waals surface area contributed by atoms with Gasteiger partial charge in [-0.15, -0.1) is 0 Å². The topological polar surface area (TPSA) is 12.0 Å². The second-order valence-electron chi connectivity index (χ2n) is 5.14. The van der Waals surface area contributed by atoms with Crippen LogP contribution in [0.4, 0.5) is 0 Å². The van der Waals surface area contributed by atoms with Gasteiger partial charge in [0.2, 0.25) is 0 Å². The predicted molar refractivity (Wildman–Crippen MR) is 79.8 cm³/mol. The molecule has 0 saturated heterocycles. The zero-order chi connectivity index (χ0) is 12.6. The quantitative estimate of drug-likeness (QED) is 0.706. The van der Waals surface area contributed by atoms with Crippen molar-refractivity contribution >= 4 is 11.8 Å². The van der Waals surface area contributed by atoms with Gasteiger partial charge in [-0.2, -0.15) is 11.8 Å². The Morgan fingerprint density at radius 1 is 1.18 bits per heavy atom. The highest BCUT2D eigenvalue weighted by atomic mass is 32.2. The zero-order valence-corrected chi connectivity index (χ0v) is 12.1. The van der Waals surface area contributed by atoms with Crippen molar-refractivity contribution in [3.63, 3.8) is 0 Å². The predicted octanol–water partition coefficient (Wildman–Crippen LogP) is 3.74. The number of rotatable bonds is 8. The molecule has 0 unspecified atom stereocenters. The molecule has 0 aliphatic carbocycles. The molecule has 0 amide bonds. The molecule has 0 aliphatic heterocycles. The molecule has 0 heterocycles. The van der Waals surface area contributed by atoms with E-state index in [2.05, 4.69) is 55.8 Å². The van der Waals surface area contributed by atoms with Crippen LogP contribution in [0, 0.1) is 0 Å². The Morgan fingerprint density at radius 3 is 2.53 bits per heavy atom. The third-order valence-corrected chi connectivity index (χ3v) is 3.71. The standard InChI is InChI=1S/C15H25NS/c1-15(2,16-12-7-13-17-3)11-10-14-8-5-4-6-9-14/h4-6,8-9,16H,7,10-13H2,1-3H3. The van der Waals surface area contributed by atoms with Crippen LogP contribution in [-0.2, 0) is 6.42 Å². The molecule has 1 aromatic rings. The van der Waals surface area contributed by atoms with Gasteiger partial charge in [-0.05, 0) is 57.2 Å². The molecule has 0 aromatic heterocycles. The molecule has 1 rings (SSSR count). The van der Waals surface area contributed by atoms with Crippen molar-refractivity contribution in [1.29, 1.82) is 0 Å². The van der Waals surface area contributed by atoms with E-state index in [0.717, 1.165) is 13.0 Å². The van der Waals surface area contributed by atoms with Crippen LogP contribution in [0.15, 0.2) is 30.3 Å². The molecule has 17 heavy (non-hydrogen) atoms. The third kappa shape index (κ3) is 6.75. The lowest BCUT2D eigenvalue weighted by Crippen LogP contribution is -2.40. The maximum atomic E-state index is 3.65. The highest BCUT2D eigenvalue weighted by molar-refractivity contribution is 7.98. The van der Waals surface area contributed by atoms with Crippen LogP contribution in [0.2, 0.25) is 0 Å². The Hall–Kier alpha value is -0.470. The molecule has 1 nitrogen and oxygen atoms in total. The molecule has 96 valence electrons. The molecular weight excluding hydrogens is 226 g/mol. The van der Waals surface area contributed by atoms with E-state index >= 15 is 0 Å². The average Bonchev–Trinajstić information content (AvgIpc) is 2.34. The summed E-state index contributed by atoms with van der Waals surface area (Å²) < 4.78 is 0. The minimum absolute atomic E-state index is 0.244. The van der Waals surface area contributed by atoms with Crippen LogP contribution in [0.25, 0.3) is 0 Å². The first-order chi connectivity index (χ1) is 8.14. The highest BCUT2D eigenvalue weighted by Crippen LogP contribution is 2.13. The second-order valence-corrected chi connectivity index (χ2v) is 6.13. The van der Waals surface area contributed by atoms with Gasteiger partial charge in [0.1, 0.15) is 0 Å². The number of hydrogen-bond acceptors (Lipinski definition) is 2. The minimum atomic E-state index is 0.244. The summed E-state index contributed by atoms with van der Waals surface area (Å²) in [5, 5.41) is 3.65. The molecule has 0 atom stereocenters. The molecule has 1 N–H and O–H groups in total. The Morgan fingerprint density at radius 2 is 1.88 bits per heavy atom. The summed E-state index contributed by atoms with van der Waals surface area (Å²) in [5.74, 6) is 1.25. The van der Waals surface area contributed by atoms with Crippen molar-refractivity contribution in [1.82, 2.24) is 5.32 Å². The SMILES string of the molecule is CSCCCNC(C)(C)CCc1ccccc1. The Bertz CT molecular complexity index is 295. The molecular formula is C15H25NS. The summed E-state index contributed by atoms with van der Waals surface area (Å²) in [5.41, 5.74) is 1.68. The van der Waals surface area contributed by atoms with E-state index < -0.39 is 0 Å². The van der Waals surface area contributed by atoms with Crippen molar-refractivity contribution < 1.29 is 0 Å². The number of thioether (sulfide) groups is 1. The number of nitrogens with one attached hydrogen (secondary N) is 1. The lowest BCUT2D eigenvalue weighted by atomic mass is 9.95. The van der Waals surface area contributed by atoms with Crippen LogP contribution in [0.3, 0.4) is 0 Å². The van der Waals surface area contributed by atoms with Crippen LogP contribution >= 0.6 is 11.8 Å². The summed E-state index contributed by atoms with van der Waals surface area (Å²) in [6, 6.07) is 10.7. The summed E-state index contributed by atoms with van der Waals surface area (Å²) in [6.07, 6.45) is 5.77. The zero-order valence-electron chi connectivity index (χ0n) is 11.3. The molecule has 0 radical (unpaired) electrons. The minimum Gasteiger partial charge on any atom is -0.312 e. The number of aryl methyl sites for hydroxylation is 1. The van der Waals surface area contributed by atoms with Gasteiger partial charge in [0.05, 0.1) is 0 Å². The molecule has 0 spiro atoms. The van der Waals surface area contributed by atoms with Gasteiger partial charge >= 0.3 is 0 Å².